The van der Waals surface area contributed by atoms with Crippen LogP contribution in [-0.4, -0.2) is 45.9 Å². The number of hydrogen-bond donors (Lipinski definition) is 0. The van der Waals surface area contributed by atoms with Gasteiger partial charge >= 0.3 is 6.18 Å². The summed E-state index contributed by atoms with van der Waals surface area (Å²) in [6.07, 6.45) is -0.157. The number of likely N-dealkylation sites (tertiary alicyclic amines) is 1. The molecular weight excluding hydrogens is 357 g/mol. The van der Waals surface area contributed by atoms with E-state index in [-0.39, 0.29) is 12.4 Å². The van der Waals surface area contributed by atoms with Gasteiger partial charge in [0.25, 0.3) is 0 Å². The number of rotatable bonds is 5. The van der Waals surface area contributed by atoms with Crippen molar-refractivity contribution in [3.05, 3.63) is 41.5 Å². The first-order valence-electron chi connectivity index (χ1n) is 9.46. The van der Waals surface area contributed by atoms with Crippen LogP contribution in [-0.2, 0) is 19.1 Å². The van der Waals surface area contributed by atoms with Gasteiger partial charge in [0, 0.05) is 32.0 Å². The lowest BCUT2D eigenvalue weighted by Gasteiger charge is -2.32. The Bertz CT molecular complexity index is 790. The molecular formula is C19H23F3N4O. The SMILES string of the molecule is FC(F)(F)c1ccccc1OCCN1CCCC(c2nnc3n2CCC3)C1. The lowest BCUT2D eigenvalue weighted by atomic mass is 9.97. The number of halogens is 3. The van der Waals surface area contributed by atoms with Gasteiger partial charge in [0.15, 0.2) is 0 Å². The molecule has 0 N–H and O–H groups in total. The molecule has 1 saturated heterocycles. The van der Waals surface area contributed by atoms with Gasteiger partial charge in [-0.3, -0.25) is 4.90 Å². The van der Waals surface area contributed by atoms with E-state index in [1.165, 1.54) is 12.1 Å². The number of aromatic nitrogens is 3. The summed E-state index contributed by atoms with van der Waals surface area (Å²) in [4.78, 5) is 2.25. The van der Waals surface area contributed by atoms with Crippen molar-refractivity contribution in [3.8, 4) is 5.75 Å². The number of alkyl halides is 3. The van der Waals surface area contributed by atoms with Crippen LogP contribution in [0.3, 0.4) is 0 Å². The van der Waals surface area contributed by atoms with Gasteiger partial charge in [-0.25, -0.2) is 0 Å². The van der Waals surface area contributed by atoms with Gasteiger partial charge in [-0.1, -0.05) is 12.1 Å². The van der Waals surface area contributed by atoms with Gasteiger partial charge in [-0.05, 0) is 37.9 Å². The van der Waals surface area contributed by atoms with Gasteiger partial charge in [-0.15, -0.1) is 10.2 Å². The normalized spacial score (nSPS) is 20.6. The summed E-state index contributed by atoms with van der Waals surface area (Å²) in [5.41, 5.74) is -0.722. The minimum Gasteiger partial charge on any atom is -0.492 e. The minimum atomic E-state index is -4.40. The molecule has 27 heavy (non-hydrogen) atoms. The Kier molecular flexibility index (Phi) is 5.08. The molecule has 2 aliphatic heterocycles. The molecule has 1 atom stereocenters. The fourth-order valence-corrected chi connectivity index (χ4v) is 4.06. The van der Waals surface area contributed by atoms with Crippen LogP contribution in [0.15, 0.2) is 24.3 Å². The highest BCUT2D eigenvalue weighted by molar-refractivity contribution is 5.35. The highest BCUT2D eigenvalue weighted by atomic mass is 19.4. The largest absolute Gasteiger partial charge is 0.492 e. The number of para-hydroxylation sites is 1. The number of nitrogens with zero attached hydrogens (tertiary/aromatic N) is 4. The van der Waals surface area contributed by atoms with Gasteiger partial charge in [0.05, 0.1) is 5.56 Å². The second-order valence-corrected chi connectivity index (χ2v) is 7.21. The van der Waals surface area contributed by atoms with E-state index >= 15 is 0 Å². The van der Waals surface area contributed by atoms with Crippen LogP contribution in [0.2, 0.25) is 0 Å². The predicted molar refractivity (Wildman–Crippen MR) is 93.7 cm³/mol. The van der Waals surface area contributed by atoms with Crippen molar-refractivity contribution < 1.29 is 17.9 Å². The van der Waals surface area contributed by atoms with E-state index in [0.717, 1.165) is 63.0 Å². The van der Waals surface area contributed by atoms with E-state index in [1.807, 2.05) is 0 Å². The Labute approximate surface area is 156 Å². The third-order valence-electron chi connectivity index (χ3n) is 5.37. The third-order valence-corrected chi connectivity index (χ3v) is 5.37. The summed E-state index contributed by atoms with van der Waals surface area (Å²) >= 11 is 0. The number of aryl methyl sites for hydroxylation is 1. The summed E-state index contributed by atoms with van der Waals surface area (Å²) in [5, 5.41) is 8.69. The average molecular weight is 380 g/mol. The van der Waals surface area contributed by atoms with Crippen LogP contribution >= 0.6 is 0 Å². The Hall–Kier alpha value is -2.09. The van der Waals surface area contributed by atoms with Crippen LogP contribution in [0.25, 0.3) is 0 Å². The van der Waals surface area contributed by atoms with Crippen LogP contribution < -0.4 is 4.74 Å². The van der Waals surface area contributed by atoms with Crippen molar-refractivity contribution in [2.45, 2.75) is 44.3 Å². The van der Waals surface area contributed by atoms with E-state index in [2.05, 4.69) is 19.7 Å². The van der Waals surface area contributed by atoms with E-state index in [9.17, 15) is 13.2 Å². The molecule has 0 aliphatic carbocycles. The topological polar surface area (TPSA) is 43.2 Å². The van der Waals surface area contributed by atoms with Crippen molar-refractivity contribution in [1.29, 1.82) is 0 Å². The van der Waals surface area contributed by atoms with Gasteiger partial charge < -0.3 is 9.30 Å². The summed E-state index contributed by atoms with van der Waals surface area (Å²) in [6.45, 7) is 3.61. The maximum Gasteiger partial charge on any atom is 0.419 e. The maximum atomic E-state index is 13.0. The molecule has 2 aromatic rings. The van der Waals surface area contributed by atoms with E-state index in [1.54, 1.807) is 6.07 Å². The van der Waals surface area contributed by atoms with Crippen molar-refractivity contribution in [2.75, 3.05) is 26.2 Å². The first-order chi connectivity index (χ1) is 13.0. The van der Waals surface area contributed by atoms with Crippen LogP contribution in [0.4, 0.5) is 13.2 Å². The lowest BCUT2D eigenvalue weighted by molar-refractivity contribution is -0.139. The molecule has 0 radical (unpaired) electrons. The Balaban J connectivity index is 1.34. The molecule has 3 heterocycles. The Morgan fingerprint density at radius 1 is 1.11 bits per heavy atom. The molecule has 0 saturated carbocycles. The van der Waals surface area contributed by atoms with Crippen molar-refractivity contribution in [3.63, 3.8) is 0 Å². The molecule has 5 nitrogen and oxygen atoms in total. The number of hydrogen-bond acceptors (Lipinski definition) is 4. The van der Waals surface area contributed by atoms with Crippen LogP contribution in [0.1, 0.15) is 42.4 Å². The van der Waals surface area contributed by atoms with E-state index in [4.69, 9.17) is 4.74 Å². The molecule has 1 aromatic heterocycles. The Morgan fingerprint density at radius 2 is 1.96 bits per heavy atom. The summed E-state index contributed by atoms with van der Waals surface area (Å²) in [5.74, 6) is 2.37. The number of piperidine rings is 1. The van der Waals surface area contributed by atoms with Crippen molar-refractivity contribution >= 4 is 0 Å². The summed E-state index contributed by atoms with van der Waals surface area (Å²) in [7, 11) is 0. The molecule has 4 rings (SSSR count). The van der Waals surface area contributed by atoms with Gasteiger partial charge in [0.2, 0.25) is 0 Å². The average Bonchev–Trinajstić information content (AvgIpc) is 3.25. The molecule has 0 spiro atoms. The van der Waals surface area contributed by atoms with Crippen LogP contribution in [0, 0.1) is 0 Å². The highest BCUT2D eigenvalue weighted by Gasteiger charge is 2.34. The predicted octanol–water partition coefficient (Wildman–Crippen LogP) is 3.50. The maximum absolute atomic E-state index is 13.0. The lowest BCUT2D eigenvalue weighted by Crippen LogP contribution is -2.38. The zero-order valence-electron chi connectivity index (χ0n) is 15.1. The van der Waals surface area contributed by atoms with Crippen molar-refractivity contribution in [2.24, 2.45) is 0 Å². The first-order valence-corrected chi connectivity index (χ1v) is 9.46. The van der Waals surface area contributed by atoms with Crippen LogP contribution in [0.5, 0.6) is 5.75 Å². The number of benzene rings is 1. The smallest absolute Gasteiger partial charge is 0.419 e. The summed E-state index contributed by atoms with van der Waals surface area (Å²) < 4.78 is 46.8. The highest BCUT2D eigenvalue weighted by Crippen LogP contribution is 2.36. The molecule has 1 fully saturated rings. The molecule has 146 valence electrons. The molecule has 2 aliphatic rings. The molecule has 0 amide bonds. The zero-order chi connectivity index (χ0) is 18.9. The monoisotopic (exact) mass is 380 g/mol. The van der Waals surface area contributed by atoms with Gasteiger partial charge in [0.1, 0.15) is 24.0 Å². The number of fused-ring (bicyclic) bond motifs is 1. The second kappa shape index (κ2) is 7.50. The Morgan fingerprint density at radius 3 is 2.81 bits per heavy atom. The third kappa shape index (κ3) is 3.95. The van der Waals surface area contributed by atoms with E-state index < -0.39 is 11.7 Å². The number of ether oxygens (including phenoxy) is 1. The standard InChI is InChI=1S/C19H23F3N4O/c20-19(21,22)15-6-1-2-7-16(15)27-12-11-25-9-3-5-14(13-25)18-24-23-17-8-4-10-26(17)18/h1-2,6-7,14H,3-5,8-13H2. The molecule has 8 heteroatoms. The second-order valence-electron chi connectivity index (χ2n) is 7.21. The first kappa shape index (κ1) is 18.3. The molecule has 1 unspecified atom stereocenters. The summed E-state index contributed by atoms with van der Waals surface area (Å²) in [6, 6.07) is 5.37. The van der Waals surface area contributed by atoms with E-state index in [0.29, 0.717) is 12.5 Å². The minimum absolute atomic E-state index is 0.103. The molecule has 1 aromatic carbocycles. The van der Waals surface area contributed by atoms with Crippen molar-refractivity contribution in [1.82, 2.24) is 19.7 Å². The fourth-order valence-electron chi connectivity index (χ4n) is 4.06. The molecule has 0 bridgehead atoms. The fraction of sp³-hybridized carbons (Fsp3) is 0.579. The quantitative estimate of drug-likeness (QED) is 0.796. The van der Waals surface area contributed by atoms with Gasteiger partial charge in [-0.2, -0.15) is 13.2 Å². The zero-order valence-corrected chi connectivity index (χ0v) is 15.1.